The molecule has 0 atom stereocenters. The van der Waals surface area contributed by atoms with Crippen molar-refractivity contribution in [2.45, 2.75) is 0 Å². The number of amides is 1. The zero-order valence-corrected chi connectivity index (χ0v) is 10.1. The van der Waals surface area contributed by atoms with Crippen LogP contribution in [0.3, 0.4) is 0 Å². The summed E-state index contributed by atoms with van der Waals surface area (Å²) in [6, 6.07) is 7.77. The highest BCUT2D eigenvalue weighted by Gasteiger charge is 2.14. The fourth-order valence-corrected chi connectivity index (χ4v) is 1.63. The zero-order chi connectivity index (χ0) is 14.7. The van der Waals surface area contributed by atoms with Crippen molar-refractivity contribution in [3.05, 3.63) is 65.2 Å². The first kappa shape index (κ1) is 13.7. The first-order valence-corrected chi connectivity index (χ1v) is 5.57. The summed E-state index contributed by atoms with van der Waals surface area (Å²) in [5, 5.41) is 11.2. The van der Waals surface area contributed by atoms with Gasteiger partial charge in [0.2, 0.25) is 0 Å². The second-order valence-electron chi connectivity index (χ2n) is 3.96. The molecule has 20 heavy (non-hydrogen) atoms. The molecule has 102 valence electrons. The van der Waals surface area contributed by atoms with Crippen molar-refractivity contribution >= 4 is 17.6 Å². The average Bonchev–Trinajstić information content (AvgIpc) is 2.38. The summed E-state index contributed by atoms with van der Waals surface area (Å²) in [7, 11) is 0. The van der Waals surface area contributed by atoms with E-state index < -0.39 is 23.5 Å². The van der Waals surface area contributed by atoms with Gasteiger partial charge in [-0.15, -0.1) is 0 Å². The van der Waals surface area contributed by atoms with Crippen LogP contribution in [0, 0.1) is 11.6 Å². The fourth-order valence-electron chi connectivity index (χ4n) is 1.63. The predicted octanol–water partition coefficient (Wildman–Crippen LogP) is 2.92. The second-order valence-corrected chi connectivity index (χ2v) is 3.96. The van der Waals surface area contributed by atoms with Crippen LogP contribution in [-0.2, 0) is 0 Å². The predicted molar refractivity (Wildman–Crippen MR) is 67.7 cm³/mol. The number of hydrogen-bond donors (Lipinski definition) is 2. The molecule has 2 rings (SSSR count). The minimum atomic E-state index is -1.31. The number of carbonyl (C=O) groups is 2. The molecule has 1 amide bonds. The summed E-state index contributed by atoms with van der Waals surface area (Å²) in [5.41, 5.74) is -0.437. The minimum Gasteiger partial charge on any atom is -0.478 e. The lowest BCUT2D eigenvalue weighted by Gasteiger charge is -2.08. The van der Waals surface area contributed by atoms with Gasteiger partial charge in [0.05, 0.1) is 11.3 Å². The van der Waals surface area contributed by atoms with Crippen molar-refractivity contribution in [3.63, 3.8) is 0 Å². The van der Waals surface area contributed by atoms with Crippen LogP contribution in [0.15, 0.2) is 42.5 Å². The van der Waals surface area contributed by atoms with E-state index in [0.717, 1.165) is 24.3 Å². The van der Waals surface area contributed by atoms with Gasteiger partial charge in [0.15, 0.2) is 0 Å². The van der Waals surface area contributed by atoms with Crippen LogP contribution in [0.1, 0.15) is 20.7 Å². The van der Waals surface area contributed by atoms with E-state index in [9.17, 15) is 18.4 Å². The quantitative estimate of drug-likeness (QED) is 0.906. The third kappa shape index (κ3) is 2.97. The molecular weight excluding hydrogens is 268 g/mol. The number of aromatic carboxylic acids is 1. The number of hydrogen-bond acceptors (Lipinski definition) is 2. The van der Waals surface area contributed by atoms with Crippen molar-refractivity contribution in [1.29, 1.82) is 0 Å². The summed E-state index contributed by atoms with van der Waals surface area (Å²) >= 11 is 0. The largest absolute Gasteiger partial charge is 0.478 e. The molecule has 0 heterocycles. The Morgan fingerprint density at radius 1 is 1.00 bits per heavy atom. The van der Waals surface area contributed by atoms with Crippen LogP contribution in [0.5, 0.6) is 0 Å². The van der Waals surface area contributed by atoms with Gasteiger partial charge in [0.1, 0.15) is 11.6 Å². The number of carbonyl (C=O) groups excluding carboxylic acids is 1. The number of carboxylic acids is 1. The molecule has 0 unspecified atom stereocenters. The van der Waals surface area contributed by atoms with Gasteiger partial charge in [0, 0.05) is 5.56 Å². The Bertz CT molecular complexity index is 686. The summed E-state index contributed by atoms with van der Waals surface area (Å²) in [6.45, 7) is 0. The normalized spacial score (nSPS) is 10.1. The maximum absolute atomic E-state index is 13.1. The lowest BCUT2D eigenvalue weighted by Crippen LogP contribution is -2.15. The molecule has 0 saturated carbocycles. The van der Waals surface area contributed by atoms with Gasteiger partial charge in [0.25, 0.3) is 5.91 Å². The van der Waals surface area contributed by atoms with Crippen LogP contribution in [0.4, 0.5) is 14.5 Å². The first-order chi connectivity index (χ1) is 9.47. The third-order valence-corrected chi connectivity index (χ3v) is 2.55. The molecule has 2 N–H and O–H groups in total. The smallest absolute Gasteiger partial charge is 0.337 e. The topological polar surface area (TPSA) is 66.4 Å². The summed E-state index contributed by atoms with van der Waals surface area (Å²) < 4.78 is 26.1. The molecule has 0 aliphatic heterocycles. The Balaban J connectivity index is 2.32. The van der Waals surface area contributed by atoms with E-state index in [1.165, 1.54) is 18.2 Å². The number of carboxylic acid groups (broad SMARTS) is 1. The van der Waals surface area contributed by atoms with Gasteiger partial charge in [-0.05, 0) is 36.4 Å². The standard InChI is InChI=1S/C14H9F2NO3/c15-9-3-1-2-8(6-9)13(18)17-12-7-10(16)4-5-11(12)14(19)20/h1-7H,(H,17,18)(H,19,20). The molecule has 0 aromatic heterocycles. The molecule has 0 aliphatic rings. The minimum absolute atomic E-state index is 0.00519. The molecule has 0 fully saturated rings. The molecule has 0 saturated heterocycles. The third-order valence-electron chi connectivity index (χ3n) is 2.55. The highest BCUT2D eigenvalue weighted by molar-refractivity contribution is 6.07. The number of rotatable bonds is 3. The Morgan fingerprint density at radius 3 is 2.35 bits per heavy atom. The summed E-state index contributed by atoms with van der Waals surface area (Å²) in [4.78, 5) is 22.8. The molecular formula is C14H9F2NO3. The Labute approximate surface area is 112 Å². The van der Waals surface area contributed by atoms with Crippen molar-refractivity contribution in [1.82, 2.24) is 0 Å². The lowest BCUT2D eigenvalue weighted by molar-refractivity contribution is 0.0698. The van der Waals surface area contributed by atoms with Crippen LogP contribution >= 0.6 is 0 Å². The molecule has 2 aromatic carbocycles. The SMILES string of the molecule is O=C(Nc1cc(F)ccc1C(=O)O)c1cccc(F)c1. The second kappa shape index (κ2) is 5.48. The van der Waals surface area contributed by atoms with Gasteiger partial charge >= 0.3 is 5.97 Å². The summed E-state index contributed by atoms with van der Waals surface area (Å²) in [6.07, 6.45) is 0. The summed E-state index contributed by atoms with van der Waals surface area (Å²) in [5.74, 6) is -3.32. The van der Waals surface area contributed by atoms with E-state index in [2.05, 4.69) is 5.32 Å². The van der Waals surface area contributed by atoms with Crippen LogP contribution < -0.4 is 5.32 Å². The van der Waals surface area contributed by atoms with Crippen LogP contribution in [-0.4, -0.2) is 17.0 Å². The maximum atomic E-state index is 13.1. The molecule has 4 nitrogen and oxygen atoms in total. The fraction of sp³-hybridized carbons (Fsp3) is 0. The molecule has 0 radical (unpaired) electrons. The van der Waals surface area contributed by atoms with Crippen LogP contribution in [0.2, 0.25) is 0 Å². The van der Waals surface area contributed by atoms with E-state index in [0.29, 0.717) is 0 Å². The van der Waals surface area contributed by atoms with Gasteiger partial charge in [-0.25, -0.2) is 13.6 Å². The lowest BCUT2D eigenvalue weighted by atomic mass is 10.1. The molecule has 0 aliphatic carbocycles. The Hall–Kier alpha value is -2.76. The average molecular weight is 277 g/mol. The highest BCUT2D eigenvalue weighted by atomic mass is 19.1. The Morgan fingerprint density at radius 2 is 1.70 bits per heavy atom. The monoisotopic (exact) mass is 277 g/mol. The number of benzene rings is 2. The van der Waals surface area contributed by atoms with Gasteiger partial charge in [-0.1, -0.05) is 6.07 Å². The highest BCUT2D eigenvalue weighted by Crippen LogP contribution is 2.18. The van der Waals surface area contributed by atoms with E-state index in [1.807, 2.05) is 0 Å². The van der Waals surface area contributed by atoms with Crippen molar-refractivity contribution in [2.24, 2.45) is 0 Å². The Kier molecular flexibility index (Phi) is 3.74. The molecule has 0 spiro atoms. The molecule has 2 aromatic rings. The van der Waals surface area contributed by atoms with Crippen molar-refractivity contribution in [3.8, 4) is 0 Å². The van der Waals surface area contributed by atoms with E-state index in [-0.39, 0.29) is 16.8 Å². The van der Waals surface area contributed by atoms with E-state index in [1.54, 1.807) is 0 Å². The van der Waals surface area contributed by atoms with Crippen LogP contribution in [0.25, 0.3) is 0 Å². The number of halogens is 2. The number of nitrogens with one attached hydrogen (secondary N) is 1. The van der Waals surface area contributed by atoms with Gasteiger partial charge in [-0.2, -0.15) is 0 Å². The number of anilines is 1. The molecule has 0 bridgehead atoms. The first-order valence-electron chi connectivity index (χ1n) is 5.57. The van der Waals surface area contributed by atoms with Gasteiger partial charge in [-0.3, -0.25) is 4.79 Å². The van der Waals surface area contributed by atoms with Gasteiger partial charge < -0.3 is 10.4 Å². The maximum Gasteiger partial charge on any atom is 0.337 e. The van der Waals surface area contributed by atoms with E-state index in [4.69, 9.17) is 5.11 Å². The van der Waals surface area contributed by atoms with Crippen molar-refractivity contribution in [2.75, 3.05) is 5.32 Å². The van der Waals surface area contributed by atoms with Crippen molar-refractivity contribution < 1.29 is 23.5 Å². The zero-order valence-electron chi connectivity index (χ0n) is 10.1. The molecule has 6 heteroatoms. The van der Waals surface area contributed by atoms with E-state index >= 15 is 0 Å².